The highest BCUT2D eigenvalue weighted by Gasteiger charge is 2.05. The zero-order valence-corrected chi connectivity index (χ0v) is 13.5. The van der Waals surface area contributed by atoms with Gasteiger partial charge in [-0.05, 0) is 59.6 Å². The number of nitrogens with one attached hydrogen (secondary N) is 1. The Labute approximate surface area is 128 Å². The molecule has 0 atom stereocenters. The van der Waals surface area contributed by atoms with Crippen molar-refractivity contribution in [2.45, 2.75) is 33.4 Å². The van der Waals surface area contributed by atoms with E-state index in [0.717, 1.165) is 41.1 Å². The van der Waals surface area contributed by atoms with Crippen LogP contribution in [0.25, 0.3) is 0 Å². The Morgan fingerprint density at radius 2 is 2.15 bits per heavy atom. The molecule has 108 valence electrons. The van der Waals surface area contributed by atoms with Crippen molar-refractivity contribution in [2.75, 3.05) is 6.54 Å². The van der Waals surface area contributed by atoms with Gasteiger partial charge in [-0.3, -0.25) is 0 Å². The molecule has 1 N–H and O–H groups in total. The molecule has 1 aromatic carbocycles. The van der Waals surface area contributed by atoms with Gasteiger partial charge in [0, 0.05) is 12.1 Å². The SMILES string of the molecule is CCCNCc1coc(COc2ccc(C)cc2Br)c1. The number of hydrogen-bond donors (Lipinski definition) is 1. The molecule has 0 bridgehead atoms. The summed E-state index contributed by atoms with van der Waals surface area (Å²) in [5, 5.41) is 3.35. The van der Waals surface area contributed by atoms with Gasteiger partial charge >= 0.3 is 0 Å². The van der Waals surface area contributed by atoms with Crippen LogP contribution in [-0.4, -0.2) is 6.54 Å². The molecule has 0 aliphatic rings. The van der Waals surface area contributed by atoms with Gasteiger partial charge in [0.2, 0.25) is 0 Å². The van der Waals surface area contributed by atoms with Crippen LogP contribution >= 0.6 is 15.9 Å². The van der Waals surface area contributed by atoms with Crippen LogP contribution in [0.4, 0.5) is 0 Å². The predicted octanol–water partition coefficient (Wildman–Crippen LogP) is 4.43. The maximum absolute atomic E-state index is 5.76. The van der Waals surface area contributed by atoms with Crippen LogP contribution in [0, 0.1) is 6.92 Å². The molecule has 2 rings (SSSR count). The summed E-state index contributed by atoms with van der Waals surface area (Å²) in [4.78, 5) is 0. The number of rotatable bonds is 7. The third-order valence-corrected chi connectivity index (χ3v) is 3.54. The van der Waals surface area contributed by atoms with E-state index >= 15 is 0 Å². The fourth-order valence-electron chi connectivity index (χ4n) is 1.88. The van der Waals surface area contributed by atoms with Crippen LogP contribution in [0.5, 0.6) is 5.75 Å². The summed E-state index contributed by atoms with van der Waals surface area (Å²) in [5.74, 6) is 1.67. The van der Waals surface area contributed by atoms with Crippen LogP contribution < -0.4 is 10.1 Å². The first-order valence-corrected chi connectivity index (χ1v) is 7.64. The van der Waals surface area contributed by atoms with Gasteiger partial charge in [0.15, 0.2) is 0 Å². The zero-order chi connectivity index (χ0) is 14.4. The number of benzene rings is 1. The van der Waals surface area contributed by atoms with Crippen molar-refractivity contribution in [3.63, 3.8) is 0 Å². The first-order valence-electron chi connectivity index (χ1n) is 6.85. The van der Waals surface area contributed by atoms with Gasteiger partial charge in [-0.15, -0.1) is 0 Å². The summed E-state index contributed by atoms with van der Waals surface area (Å²) < 4.78 is 12.2. The summed E-state index contributed by atoms with van der Waals surface area (Å²) in [6.45, 7) is 6.51. The Kier molecular flexibility index (Phi) is 5.68. The standard InChI is InChI=1S/C16H20BrNO2/c1-3-6-18-9-13-8-14(19-10-13)11-20-16-5-4-12(2)7-15(16)17/h4-5,7-8,10,18H,3,6,9,11H2,1-2H3. The Morgan fingerprint density at radius 1 is 1.30 bits per heavy atom. The molecule has 0 unspecified atom stereocenters. The Bertz CT molecular complexity index is 551. The lowest BCUT2D eigenvalue weighted by Gasteiger charge is -2.07. The van der Waals surface area contributed by atoms with Crippen molar-refractivity contribution in [3.05, 3.63) is 51.9 Å². The summed E-state index contributed by atoms with van der Waals surface area (Å²) in [6, 6.07) is 8.07. The van der Waals surface area contributed by atoms with E-state index in [0.29, 0.717) is 6.61 Å². The molecule has 20 heavy (non-hydrogen) atoms. The van der Waals surface area contributed by atoms with Gasteiger partial charge < -0.3 is 14.5 Å². The highest BCUT2D eigenvalue weighted by atomic mass is 79.9. The smallest absolute Gasteiger partial charge is 0.146 e. The van der Waals surface area contributed by atoms with E-state index in [1.165, 1.54) is 5.56 Å². The van der Waals surface area contributed by atoms with Gasteiger partial charge in [0.05, 0.1) is 10.7 Å². The summed E-state index contributed by atoms with van der Waals surface area (Å²) >= 11 is 3.50. The normalized spacial score (nSPS) is 10.8. The van der Waals surface area contributed by atoms with Crippen molar-refractivity contribution in [3.8, 4) is 5.75 Å². The lowest BCUT2D eigenvalue weighted by Crippen LogP contribution is -2.13. The molecule has 0 spiro atoms. The van der Waals surface area contributed by atoms with Gasteiger partial charge in [-0.1, -0.05) is 13.0 Å². The fourth-order valence-corrected chi connectivity index (χ4v) is 2.48. The van der Waals surface area contributed by atoms with E-state index < -0.39 is 0 Å². The molecule has 2 aromatic rings. The van der Waals surface area contributed by atoms with E-state index in [4.69, 9.17) is 9.15 Å². The van der Waals surface area contributed by atoms with E-state index in [1.54, 1.807) is 6.26 Å². The van der Waals surface area contributed by atoms with Crippen molar-refractivity contribution in [1.82, 2.24) is 5.32 Å². The van der Waals surface area contributed by atoms with Gasteiger partial charge in [0.1, 0.15) is 18.1 Å². The Morgan fingerprint density at radius 3 is 2.90 bits per heavy atom. The molecule has 0 aliphatic heterocycles. The molecule has 1 heterocycles. The van der Waals surface area contributed by atoms with Gasteiger partial charge in [0.25, 0.3) is 0 Å². The summed E-state index contributed by atoms with van der Waals surface area (Å²) in [6.07, 6.45) is 2.92. The second kappa shape index (κ2) is 7.50. The maximum Gasteiger partial charge on any atom is 0.146 e. The largest absolute Gasteiger partial charge is 0.484 e. The van der Waals surface area contributed by atoms with Gasteiger partial charge in [-0.25, -0.2) is 0 Å². The quantitative estimate of drug-likeness (QED) is 0.759. The Balaban J connectivity index is 1.87. The molecule has 0 fully saturated rings. The molecule has 0 amide bonds. The maximum atomic E-state index is 5.76. The monoisotopic (exact) mass is 337 g/mol. The van der Waals surface area contributed by atoms with E-state index in [9.17, 15) is 0 Å². The number of hydrogen-bond acceptors (Lipinski definition) is 3. The number of halogens is 1. The highest BCUT2D eigenvalue weighted by molar-refractivity contribution is 9.10. The number of aryl methyl sites for hydroxylation is 1. The topological polar surface area (TPSA) is 34.4 Å². The van der Waals surface area contributed by atoms with Crippen molar-refractivity contribution < 1.29 is 9.15 Å². The molecule has 0 saturated heterocycles. The molecule has 4 heteroatoms. The van der Waals surface area contributed by atoms with Crippen LogP contribution in [-0.2, 0) is 13.2 Å². The van der Waals surface area contributed by atoms with Gasteiger partial charge in [-0.2, -0.15) is 0 Å². The molecular weight excluding hydrogens is 318 g/mol. The van der Waals surface area contributed by atoms with E-state index in [-0.39, 0.29) is 0 Å². The molecular formula is C16H20BrNO2. The van der Waals surface area contributed by atoms with Crippen LogP contribution in [0.1, 0.15) is 30.2 Å². The predicted molar refractivity (Wildman–Crippen MR) is 83.9 cm³/mol. The second-order valence-electron chi connectivity index (χ2n) is 4.82. The molecule has 1 aromatic heterocycles. The third kappa shape index (κ3) is 4.39. The van der Waals surface area contributed by atoms with Crippen molar-refractivity contribution >= 4 is 15.9 Å². The number of furan rings is 1. The molecule has 0 aliphatic carbocycles. The molecule has 0 saturated carbocycles. The van der Waals surface area contributed by atoms with E-state index in [2.05, 4.69) is 35.1 Å². The first-order chi connectivity index (χ1) is 9.69. The summed E-state index contributed by atoms with van der Waals surface area (Å²) in [5.41, 5.74) is 2.35. The average Bonchev–Trinajstić information content (AvgIpc) is 2.86. The molecule has 0 radical (unpaired) electrons. The zero-order valence-electron chi connectivity index (χ0n) is 11.9. The average molecular weight is 338 g/mol. The lowest BCUT2D eigenvalue weighted by molar-refractivity contribution is 0.268. The minimum atomic E-state index is 0.440. The van der Waals surface area contributed by atoms with Crippen molar-refractivity contribution in [1.29, 1.82) is 0 Å². The first kappa shape index (κ1) is 15.1. The van der Waals surface area contributed by atoms with Crippen LogP contribution in [0.2, 0.25) is 0 Å². The minimum absolute atomic E-state index is 0.440. The fraction of sp³-hybridized carbons (Fsp3) is 0.375. The van der Waals surface area contributed by atoms with Crippen LogP contribution in [0.3, 0.4) is 0 Å². The van der Waals surface area contributed by atoms with Crippen molar-refractivity contribution in [2.24, 2.45) is 0 Å². The third-order valence-electron chi connectivity index (χ3n) is 2.92. The Hall–Kier alpha value is -1.26. The number of ether oxygens (including phenoxy) is 1. The molecule has 3 nitrogen and oxygen atoms in total. The lowest BCUT2D eigenvalue weighted by atomic mass is 10.2. The highest BCUT2D eigenvalue weighted by Crippen LogP contribution is 2.26. The minimum Gasteiger partial charge on any atom is -0.484 e. The van der Waals surface area contributed by atoms with Crippen LogP contribution in [0.15, 0.2) is 39.4 Å². The second-order valence-corrected chi connectivity index (χ2v) is 5.67. The van der Waals surface area contributed by atoms with E-state index in [1.807, 2.05) is 24.3 Å². The summed E-state index contributed by atoms with van der Waals surface area (Å²) in [7, 11) is 0.